The second-order valence-corrected chi connectivity index (χ2v) is 4.87. The summed E-state index contributed by atoms with van der Waals surface area (Å²) in [4.78, 5) is 14.4. The third-order valence-corrected chi connectivity index (χ3v) is 3.18. The molecule has 0 spiro atoms. The van der Waals surface area contributed by atoms with Gasteiger partial charge in [0.25, 0.3) is 0 Å². The van der Waals surface area contributed by atoms with Crippen LogP contribution in [0.25, 0.3) is 0 Å². The lowest BCUT2D eigenvalue weighted by molar-refractivity contribution is 0.0690. The van der Waals surface area contributed by atoms with Crippen molar-refractivity contribution < 1.29 is 14.3 Å². The highest BCUT2D eigenvalue weighted by Gasteiger charge is 2.09. The molecule has 0 aliphatic carbocycles. The molecule has 0 aliphatic heterocycles. The van der Waals surface area contributed by atoms with E-state index in [0.717, 1.165) is 0 Å². The van der Waals surface area contributed by atoms with Crippen LogP contribution in [0.15, 0.2) is 34.9 Å². The quantitative estimate of drug-likeness (QED) is 0.880. The maximum atomic E-state index is 13.1. The predicted octanol–water partition coefficient (Wildman–Crippen LogP) is 4.08. The first-order valence-electron chi connectivity index (χ1n) is 5.08. The summed E-state index contributed by atoms with van der Waals surface area (Å²) in [6.45, 7) is 0. The fourth-order valence-electron chi connectivity index (χ4n) is 1.40. The highest BCUT2D eigenvalue weighted by atomic mass is 79.9. The third kappa shape index (κ3) is 3.21. The highest BCUT2D eigenvalue weighted by Crippen LogP contribution is 2.33. The van der Waals surface area contributed by atoms with Crippen molar-refractivity contribution in [1.82, 2.24) is 4.98 Å². The van der Waals surface area contributed by atoms with Crippen molar-refractivity contribution in [1.29, 1.82) is 0 Å². The average molecular weight is 346 g/mol. The number of nitrogens with one attached hydrogen (secondary N) is 1. The Kier molecular flexibility index (Phi) is 4.01. The standard InChI is InChI=1S/C12H7BrClFN2O2/c13-8-3-6(15)4-9(14)11(8)17-7-1-2-10(12(18)19)16-5-7/h1-5,17H,(H,18,19). The van der Waals surface area contributed by atoms with Gasteiger partial charge >= 0.3 is 5.97 Å². The zero-order valence-electron chi connectivity index (χ0n) is 9.32. The van der Waals surface area contributed by atoms with E-state index in [0.29, 0.717) is 15.8 Å². The van der Waals surface area contributed by atoms with E-state index in [1.807, 2.05) is 0 Å². The minimum Gasteiger partial charge on any atom is -0.477 e. The summed E-state index contributed by atoms with van der Waals surface area (Å²) in [6.07, 6.45) is 1.36. The Morgan fingerprint density at radius 2 is 2.16 bits per heavy atom. The van der Waals surface area contributed by atoms with Gasteiger partial charge in [-0.05, 0) is 40.2 Å². The molecule has 1 aromatic carbocycles. The van der Waals surface area contributed by atoms with Gasteiger partial charge in [-0.1, -0.05) is 11.6 Å². The smallest absolute Gasteiger partial charge is 0.354 e. The number of aromatic nitrogens is 1. The molecule has 2 aromatic rings. The largest absolute Gasteiger partial charge is 0.477 e. The van der Waals surface area contributed by atoms with Crippen LogP contribution in [0.5, 0.6) is 0 Å². The first-order valence-corrected chi connectivity index (χ1v) is 6.25. The van der Waals surface area contributed by atoms with E-state index in [9.17, 15) is 9.18 Å². The topological polar surface area (TPSA) is 62.2 Å². The molecule has 0 unspecified atom stereocenters. The van der Waals surface area contributed by atoms with Gasteiger partial charge in [-0.3, -0.25) is 0 Å². The second kappa shape index (κ2) is 5.54. The number of carbonyl (C=O) groups is 1. The summed E-state index contributed by atoms with van der Waals surface area (Å²) < 4.78 is 13.5. The van der Waals surface area contributed by atoms with Gasteiger partial charge in [0.15, 0.2) is 0 Å². The number of aromatic carboxylic acids is 1. The molecule has 7 heteroatoms. The van der Waals surface area contributed by atoms with Crippen molar-refractivity contribution in [3.63, 3.8) is 0 Å². The van der Waals surface area contributed by atoms with E-state index < -0.39 is 11.8 Å². The van der Waals surface area contributed by atoms with Crippen molar-refractivity contribution >= 4 is 44.9 Å². The summed E-state index contributed by atoms with van der Waals surface area (Å²) >= 11 is 9.11. The van der Waals surface area contributed by atoms with Gasteiger partial charge < -0.3 is 10.4 Å². The fraction of sp³-hybridized carbons (Fsp3) is 0. The van der Waals surface area contributed by atoms with Crippen molar-refractivity contribution in [2.24, 2.45) is 0 Å². The van der Waals surface area contributed by atoms with Gasteiger partial charge in [-0.15, -0.1) is 0 Å². The van der Waals surface area contributed by atoms with Crippen LogP contribution < -0.4 is 5.32 Å². The molecule has 0 bridgehead atoms. The van der Waals surface area contributed by atoms with Crippen molar-refractivity contribution in [2.75, 3.05) is 5.32 Å². The summed E-state index contributed by atoms with van der Waals surface area (Å²) in [6, 6.07) is 5.35. The van der Waals surface area contributed by atoms with Crippen LogP contribution in [0, 0.1) is 5.82 Å². The Morgan fingerprint density at radius 3 is 2.68 bits per heavy atom. The molecule has 19 heavy (non-hydrogen) atoms. The van der Waals surface area contributed by atoms with E-state index >= 15 is 0 Å². The van der Waals surface area contributed by atoms with Crippen LogP contribution in [0.2, 0.25) is 5.02 Å². The van der Waals surface area contributed by atoms with Crippen LogP contribution in [-0.2, 0) is 0 Å². The first-order chi connectivity index (χ1) is 8.97. The second-order valence-electron chi connectivity index (χ2n) is 3.61. The Labute approximate surface area is 121 Å². The number of carboxylic acids is 1. The average Bonchev–Trinajstić information content (AvgIpc) is 2.34. The molecule has 0 saturated heterocycles. The number of pyridine rings is 1. The normalized spacial score (nSPS) is 10.3. The van der Waals surface area contributed by atoms with Crippen molar-refractivity contribution in [3.8, 4) is 0 Å². The van der Waals surface area contributed by atoms with Crippen LogP contribution in [0.3, 0.4) is 0 Å². The van der Waals surface area contributed by atoms with E-state index in [1.54, 1.807) is 6.07 Å². The lowest BCUT2D eigenvalue weighted by Gasteiger charge is -2.10. The summed E-state index contributed by atoms with van der Waals surface area (Å²) in [5, 5.41) is 11.9. The SMILES string of the molecule is O=C(O)c1ccc(Nc2c(Cl)cc(F)cc2Br)cn1. The molecule has 0 fully saturated rings. The molecule has 0 saturated carbocycles. The summed E-state index contributed by atoms with van der Waals surface area (Å²) in [5.74, 6) is -1.56. The number of halogens is 3. The van der Waals surface area contributed by atoms with Gasteiger partial charge in [-0.25, -0.2) is 14.2 Å². The van der Waals surface area contributed by atoms with E-state index in [4.69, 9.17) is 16.7 Å². The number of nitrogens with zero attached hydrogens (tertiary/aromatic N) is 1. The predicted molar refractivity (Wildman–Crippen MR) is 73.6 cm³/mol. The molecule has 0 atom stereocenters. The molecule has 0 amide bonds. The summed E-state index contributed by atoms with van der Waals surface area (Å²) in [7, 11) is 0. The number of carboxylic acid groups (broad SMARTS) is 1. The Balaban J connectivity index is 2.29. The van der Waals surface area contributed by atoms with Crippen molar-refractivity contribution in [3.05, 3.63) is 51.5 Å². The number of benzene rings is 1. The number of hydrogen-bond acceptors (Lipinski definition) is 3. The van der Waals surface area contributed by atoms with Gasteiger partial charge in [-0.2, -0.15) is 0 Å². The molecular weight excluding hydrogens is 338 g/mol. The molecule has 2 N–H and O–H groups in total. The molecule has 0 aliphatic rings. The van der Waals surface area contributed by atoms with Gasteiger partial charge in [0.2, 0.25) is 0 Å². The Bertz CT molecular complexity index is 611. The molecule has 4 nitrogen and oxygen atoms in total. The van der Waals surface area contributed by atoms with Crippen molar-refractivity contribution in [2.45, 2.75) is 0 Å². The van der Waals surface area contributed by atoms with E-state index in [1.165, 1.54) is 24.4 Å². The maximum absolute atomic E-state index is 13.1. The zero-order chi connectivity index (χ0) is 14.0. The Morgan fingerprint density at radius 1 is 1.42 bits per heavy atom. The number of hydrogen-bond donors (Lipinski definition) is 2. The molecule has 2 rings (SSSR count). The zero-order valence-corrected chi connectivity index (χ0v) is 11.7. The number of rotatable bonds is 3. The minimum atomic E-state index is -1.10. The van der Waals surface area contributed by atoms with Crippen LogP contribution in [0.1, 0.15) is 10.5 Å². The molecular formula is C12H7BrClFN2O2. The van der Waals surface area contributed by atoms with E-state index in [2.05, 4.69) is 26.2 Å². The lowest BCUT2D eigenvalue weighted by atomic mass is 10.3. The van der Waals surface area contributed by atoms with Crippen LogP contribution in [0.4, 0.5) is 15.8 Å². The first kappa shape index (κ1) is 13.8. The van der Waals surface area contributed by atoms with Crippen LogP contribution in [-0.4, -0.2) is 16.1 Å². The minimum absolute atomic E-state index is 0.0604. The molecule has 0 radical (unpaired) electrons. The maximum Gasteiger partial charge on any atom is 0.354 e. The van der Waals surface area contributed by atoms with E-state index in [-0.39, 0.29) is 10.7 Å². The number of anilines is 2. The summed E-state index contributed by atoms with van der Waals surface area (Å²) in [5.41, 5.74) is 0.960. The van der Waals surface area contributed by atoms with Gasteiger partial charge in [0.05, 0.1) is 22.6 Å². The molecule has 1 heterocycles. The fourth-order valence-corrected chi connectivity index (χ4v) is 2.30. The highest BCUT2D eigenvalue weighted by molar-refractivity contribution is 9.10. The van der Waals surface area contributed by atoms with Crippen LogP contribution >= 0.6 is 27.5 Å². The molecule has 1 aromatic heterocycles. The van der Waals surface area contributed by atoms with Gasteiger partial charge in [0.1, 0.15) is 11.5 Å². The monoisotopic (exact) mass is 344 g/mol. The van der Waals surface area contributed by atoms with Gasteiger partial charge in [0, 0.05) is 4.47 Å². The lowest BCUT2D eigenvalue weighted by Crippen LogP contribution is -2.01. The third-order valence-electron chi connectivity index (χ3n) is 2.26. The molecule has 98 valence electrons. The Hall–Kier alpha value is -1.66.